The van der Waals surface area contributed by atoms with E-state index < -0.39 is 0 Å². The second-order valence-electron chi connectivity index (χ2n) is 9.32. The maximum absolute atomic E-state index is 13.1. The minimum absolute atomic E-state index is 0.0813. The van der Waals surface area contributed by atoms with Crippen molar-refractivity contribution in [1.82, 2.24) is 4.90 Å². The van der Waals surface area contributed by atoms with Crippen LogP contribution in [-0.2, 0) is 18.4 Å². The third kappa shape index (κ3) is 4.15. The zero-order valence-electron chi connectivity index (χ0n) is 18.5. The van der Waals surface area contributed by atoms with Crippen molar-refractivity contribution in [2.75, 3.05) is 25.5 Å². The van der Waals surface area contributed by atoms with Gasteiger partial charge in [0, 0.05) is 37.7 Å². The Morgan fingerprint density at radius 1 is 0.967 bits per heavy atom. The number of carbonyl (C=O) groups excluding carboxylic acids is 1. The number of rotatable bonds is 3. The van der Waals surface area contributed by atoms with Crippen LogP contribution in [0.5, 0.6) is 0 Å². The van der Waals surface area contributed by atoms with Crippen LogP contribution >= 0.6 is 11.3 Å². The molecule has 1 amide bonds. The summed E-state index contributed by atoms with van der Waals surface area (Å²) in [5.74, 6) is 0.156. The van der Waals surface area contributed by atoms with E-state index in [0.29, 0.717) is 6.54 Å². The van der Waals surface area contributed by atoms with Crippen LogP contribution in [0.1, 0.15) is 46.4 Å². The van der Waals surface area contributed by atoms with Crippen molar-refractivity contribution < 1.29 is 4.79 Å². The van der Waals surface area contributed by atoms with Gasteiger partial charge in [0.2, 0.25) is 0 Å². The molecule has 3 aromatic rings. The van der Waals surface area contributed by atoms with Gasteiger partial charge in [-0.1, -0.05) is 51.1 Å². The minimum atomic E-state index is 0.0813. The van der Waals surface area contributed by atoms with Crippen LogP contribution < -0.4 is 4.90 Å². The van der Waals surface area contributed by atoms with Gasteiger partial charge in [0.25, 0.3) is 5.91 Å². The summed E-state index contributed by atoms with van der Waals surface area (Å²) >= 11 is 1.63. The van der Waals surface area contributed by atoms with E-state index in [9.17, 15) is 4.79 Å². The minimum Gasteiger partial charge on any atom is -0.378 e. The quantitative estimate of drug-likeness (QED) is 0.523. The van der Waals surface area contributed by atoms with Gasteiger partial charge in [0.15, 0.2) is 0 Å². The summed E-state index contributed by atoms with van der Waals surface area (Å²) in [6, 6.07) is 19.4. The maximum atomic E-state index is 13.1. The zero-order chi connectivity index (χ0) is 21.5. The fourth-order valence-corrected chi connectivity index (χ4v) is 4.91. The summed E-state index contributed by atoms with van der Waals surface area (Å²) in [6.07, 6.45) is 0.903. The van der Waals surface area contributed by atoms with Gasteiger partial charge in [-0.3, -0.25) is 4.79 Å². The van der Waals surface area contributed by atoms with Crippen molar-refractivity contribution >= 4 is 22.9 Å². The van der Waals surface area contributed by atoms with Crippen LogP contribution in [0, 0.1) is 0 Å². The fraction of sp³-hybridized carbons (Fsp3) is 0.346. The summed E-state index contributed by atoms with van der Waals surface area (Å²) in [5, 5.41) is 0. The van der Waals surface area contributed by atoms with Crippen molar-refractivity contribution in [2.45, 2.75) is 39.2 Å². The first-order chi connectivity index (χ1) is 14.2. The van der Waals surface area contributed by atoms with Gasteiger partial charge in [-0.15, -0.1) is 11.3 Å². The topological polar surface area (TPSA) is 23.6 Å². The highest BCUT2D eigenvalue weighted by molar-refractivity contribution is 7.14. The van der Waals surface area contributed by atoms with Gasteiger partial charge in [-0.2, -0.15) is 0 Å². The average Bonchev–Trinajstić information content (AvgIpc) is 3.23. The van der Waals surface area contributed by atoms with E-state index in [-0.39, 0.29) is 11.3 Å². The summed E-state index contributed by atoms with van der Waals surface area (Å²) < 4.78 is 0. The van der Waals surface area contributed by atoms with Crippen molar-refractivity contribution in [1.29, 1.82) is 0 Å². The lowest BCUT2D eigenvalue weighted by atomic mass is 9.94. The van der Waals surface area contributed by atoms with Gasteiger partial charge in [-0.25, -0.2) is 0 Å². The number of amides is 1. The smallest absolute Gasteiger partial charge is 0.264 e. The SMILES string of the molecule is CN(C)c1cccc(-c2ccc3c(c2)CCN(C(=O)c2ccc(C(C)(C)C)s2)C3)c1. The summed E-state index contributed by atoms with van der Waals surface area (Å²) in [7, 11) is 4.13. The van der Waals surface area contributed by atoms with Gasteiger partial charge >= 0.3 is 0 Å². The molecule has 2 aromatic carbocycles. The van der Waals surface area contributed by atoms with Crippen molar-refractivity contribution in [2.24, 2.45) is 0 Å². The largest absolute Gasteiger partial charge is 0.378 e. The highest BCUT2D eigenvalue weighted by atomic mass is 32.1. The standard InChI is InChI=1S/C26H30N2OS/c1-26(2,3)24-12-11-23(30-24)25(29)28-14-13-20-15-19(9-10-21(20)17-28)18-7-6-8-22(16-18)27(4)5/h6-12,15-16H,13-14,17H2,1-5H3. The molecule has 4 rings (SSSR count). The monoisotopic (exact) mass is 418 g/mol. The van der Waals surface area contributed by atoms with Crippen LogP contribution in [-0.4, -0.2) is 31.4 Å². The molecule has 1 aliphatic heterocycles. The van der Waals surface area contributed by atoms with Crippen molar-refractivity contribution in [3.63, 3.8) is 0 Å². The second-order valence-corrected chi connectivity index (χ2v) is 10.4. The normalized spacial score (nSPS) is 13.8. The average molecular weight is 419 g/mol. The van der Waals surface area contributed by atoms with E-state index in [2.05, 4.69) is 88.3 Å². The number of carbonyl (C=O) groups is 1. The number of nitrogens with zero attached hydrogens (tertiary/aromatic N) is 2. The third-order valence-electron chi connectivity index (χ3n) is 5.76. The first-order valence-corrected chi connectivity index (χ1v) is 11.3. The molecule has 0 radical (unpaired) electrons. The summed E-state index contributed by atoms with van der Waals surface area (Å²) in [6.45, 7) is 8.03. The van der Waals surface area contributed by atoms with E-state index in [1.165, 1.54) is 32.8 Å². The predicted molar refractivity (Wildman–Crippen MR) is 128 cm³/mol. The molecule has 0 spiro atoms. The maximum Gasteiger partial charge on any atom is 0.264 e. The molecule has 0 saturated carbocycles. The molecule has 0 aliphatic carbocycles. The Labute approximate surface area is 184 Å². The lowest BCUT2D eigenvalue weighted by Gasteiger charge is -2.29. The molecule has 0 saturated heterocycles. The van der Waals surface area contributed by atoms with Gasteiger partial charge in [-0.05, 0) is 58.4 Å². The molecule has 1 aromatic heterocycles. The van der Waals surface area contributed by atoms with Crippen LogP contribution in [0.25, 0.3) is 11.1 Å². The van der Waals surface area contributed by atoms with Crippen LogP contribution in [0.2, 0.25) is 0 Å². The first kappa shape index (κ1) is 20.7. The molecule has 0 N–H and O–H groups in total. The molecule has 0 bridgehead atoms. The molecule has 30 heavy (non-hydrogen) atoms. The predicted octanol–water partition coefficient (Wildman–Crippen LogP) is 5.98. The van der Waals surface area contributed by atoms with E-state index in [1.807, 2.05) is 11.0 Å². The zero-order valence-corrected chi connectivity index (χ0v) is 19.3. The Bertz CT molecular complexity index is 1070. The Morgan fingerprint density at radius 3 is 2.43 bits per heavy atom. The highest BCUT2D eigenvalue weighted by Gasteiger charge is 2.25. The second kappa shape index (κ2) is 7.92. The molecule has 1 aliphatic rings. The van der Waals surface area contributed by atoms with Crippen LogP contribution in [0.3, 0.4) is 0 Å². The molecule has 4 heteroatoms. The summed E-state index contributed by atoms with van der Waals surface area (Å²) in [5.41, 5.74) is 6.37. The molecule has 2 heterocycles. The van der Waals surface area contributed by atoms with E-state index >= 15 is 0 Å². The number of hydrogen-bond donors (Lipinski definition) is 0. The van der Waals surface area contributed by atoms with Gasteiger partial charge in [0.05, 0.1) is 4.88 Å². The number of hydrogen-bond acceptors (Lipinski definition) is 3. The van der Waals surface area contributed by atoms with Crippen LogP contribution in [0.15, 0.2) is 54.6 Å². The summed E-state index contributed by atoms with van der Waals surface area (Å²) in [4.78, 5) is 19.3. The number of thiophene rings is 1. The lowest BCUT2D eigenvalue weighted by molar-refractivity contribution is 0.0739. The Kier molecular flexibility index (Phi) is 5.46. The fourth-order valence-electron chi connectivity index (χ4n) is 3.88. The number of benzene rings is 2. The molecular weight excluding hydrogens is 388 g/mol. The Morgan fingerprint density at radius 2 is 1.73 bits per heavy atom. The van der Waals surface area contributed by atoms with E-state index in [0.717, 1.165) is 17.8 Å². The molecular formula is C26H30N2OS. The lowest BCUT2D eigenvalue weighted by Crippen LogP contribution is -2.35. The van der Waals surface area contributed by atoms with Crippen molar-refractivity contribution in [3.05, 3.63) is 75.5 Å². The Balaban J connectivity index is 1.53. The first-order valence-electron chi connectivity index (χ1n) is 10.5. The van der Waals surface area contributed by atoms with Gasteiger partial charge in [0.1, 0.15) is 0 Å². The van der Waals surface area contributed by atoms with E-state index in [4.69, 9.17) is 0 Å². The number of fused-ring (bicyclic) bond motifs is 1. The molecule has 156 valence electrons. The molecule has 3 nitrogen and oxygen atoms in total. The molecule has 0 atom stereocenters. The van der Waals surface area contributed by atoms with E-state index in [1.54, 1.807) is 11.3 Å². The van der Waals surface area contributed by atoms with Crippen LogP contribution in [0.4, 0.5) is 5.69 Å². The number of anilines is 1. The highest BCUT2D eigenvalue weighted by Crippen LogP contribution is 2.32. The Hall–Kier alpha value is -2.59. The molecule has 0 fully saturated rings. The third-order valence-corrected chi connectivity index (χ3v) is 7.26. The molecule has 0 unspecified atom stereocenters. The van der Waals surface area contributed by atoms with Gasteiger partial charge < -0.3 is 9.80 Å². The van der Waals surface area contributed by atoms with Crippen molar-refractivity contribution in [3.8, 4) is 11.1 Å².